The van der Waals surface area contributed by atoms with E-state index in [9.17, 15) is 27.9 Å². The van der Waals surface area contributed by atoms with E-state index in [4.69, 9.17) is 14.2 Å². The lowest BCUT2D eigenvalue weighted by atomic mass is 10.1. The number of hydrogen-bond donors (Lipinski definition) is 2. The number of rotatable bonds is 17. The Hall–Kier alpha value is -3.31. The normalized spacial score (nSPS) is 12.1. The third-order valence-corrected chi connectivity index (χ3v) is 5.77. The van der Waals surface area contributed by atoms with Crippen LogP contribution in [0.25, 0.3) is 0 Å². The monoisotopic (exact) mass is 554 g/mol. The molecule has 2 rings (SSSR count). The number of aliphatic carboxylic acids is 1. The molecule has 0 fully saturated rings. The number of carbonyl (C=O) groups is 2. The van der Waals surface area contributed by atoms with Crippen LogP contribution < -0.4 is 10.1 Å². The highest BCUT2D eigenvalue weighted by Gasteiger charge is 2.30. The first kappa shape index (κ1) is 31.9. The van der Waals surface area contributed by atoms with Crippen molar-refractivity contribution in [3.8, 4) is 5.75 Å². The fourth-order valence-corrected chi connectivity index (χ4v) is 3.62. The number of carboxylic acids is 1. The van der Waals surface area contributed by atoms with E-state index in [-0.39, 0.29) is 31.8 Å². The number of urea groups is 1. The molecule has 0 bridgehead atoms. The summed E-state index contributed by atoms with van der Waals surface area (Å²) in [5.41, 5.74) is 0.222. The molecular formula is C28H37F3N2O6. The van der Waals surface area contributed by atoms with E-state index >= 15 is 0 Å². The van der Waals surface area contributed by atoms with Gasteiger partial charge in [0.05, 0.1) is 18.7 Å². The molecule has 2 aromatic rings. The van der Waals surface area contributed by atoms with Crippen molar-refractivity contribution in [3.63, 3.8) is 0 Å². The second kappa shape index (κ2) is 16.6. The number of nitrogens with zero attached hydrogens (tertiary/aromatic N) is 1. The maximum Gasteiger partial charge on any atom is 0.416 e. The van der Waals surface area contributed by atoms with Gasteiger partial charge in [-0.2, -0.15) is 13.2 Å². The largest absolute Gasteiger partial charge is 0.492 e. The molecule has 2 aromatic carbocycles. The number of benzene rings is 2. The summed E-state index contributed by atoms with van der Waals surface area (Å²) >= 11 is 0. The number of ether oxygens (including phenoxy) is 3. The van der Waals surface area contributed by atoms with Gasteiger partial charge in [-0.15, -0.1) is 0 Å². The van der Waals surface area contributed by atoms with E-state index in [1.807, 2.05) is 0 Å². The zero-order valence-electron chi connectivity index (χ0n) is 22.3. The van der Waals surface area contributed by atoms with E-state index in [0.29, 0.717) is 25.6 Å². The highest BCUT2D eigenvalue weighted by atomic mass is 19.4. The number of hydrogen-bond acceptors (Lipinski definition) is 5. The molecule has 0 aliphatic rings. The molecule has 1 unspecified atom stereocenters. The summed E-state index contributed by atoms with van der Waals surface area (Å²) in [6.07, 6.45) is -2.13. The molecule has 11 heteroatoms. The molecular weight excluding hydrogens is 517 g/mol. The van der Waals surface area contributed by atoms with Crippen molar-refractivity contribution in [1.29, 1.82) is 0 Å². The van der Waals surface area contributed by atoms with Gasteiger partial charge < -0.3 is 29.5 Å². The standard InChI is InChI=1S/C28H37F3N2O6/c1-3-5-6-17-37-18-15-33(27(36)32-23-11-9-22(10-12-23)28(29,30)31)16-19-39-24-13-7-21(8-14-24)20-25(26(34)35)38-4-2/h7-14,25H,3-6,15-20H2,1-2H3,(H,32,36)(H,34,35). The predicted octanol–water partition coefficient (Wildman–Crippen LogP) is 5.86. The average molecular weight is 555 g/mol. The molecule has 0 heterocycles. The summed E-state index contributed by atoms with van der Waals surface area (Å²) in [6.45, 7) is 5.65. The zero-order valence-corrected chi connectivity index (χ0v) is 22.3. The van der Waals surface area contributed by atoms with E-state index in [1.54, 1.807) is 31.2 Å². The van der Waals surface area contributed by atoms with Crippen LogP contribution >= 0.6 is 0 Å². The Labute approximate surface area is 227 Å². The molecule has 39 heavy (non-hydrogen) atoms. The summed E-state index contributed by atoms with van der Waals surface area (Å²) in [7, 11) is 0. The summed E-state index contributed by atoms with van der Waals surface area (Å²) < 4.78 is 55.1. The fraction of sp³-hybridized carbons (Fsp3) is 0.500. The third kappa shape index (κ3) is 12.0. The first-order valence-electron chi connectivity index (χ1n) is 13.0. The predicted molar refractivity (Wildman–Crippen MR) is 141 cm³/mol. The van der Waals surface area contributed by atoms with Crippen molar-refractivity contribution < 1.29 is 42.1 Å². The van der Waals surface area contributed by atoms with Crippen molar-refractivity contribution in [3.05, 3.63) is 59.7 Å². The molecule has 0 aromatic heterocycles. The van der Waals surface area contributed by atoms with Crippen LogP contribution in [0.5, 0.6) is 5.75 Å². The molecule has 0 aliphatic carbocycles. The lowest BCUT2D eigenvalue weighted by Crippen LogP contribution is -2.40. The van der Waals surface area contributed by atoms with Crippen LogP contribution in [-0.4, -0.2) is 67.6 Å². The van der Waals surface area contributed by atoms with Gasteiger partial charge in [0.25, 0.3) is 0 Å². The number of carboxylic acid groups (broad SMARTS) is 1. The van der Waals surface area contributed by atoms with Gasteiger partial charge >= 0.3 is 18.2 Å². The maximum absolute atomic E-state index is 12.9. The third-order valence-electron chi connectivity index (χ3n) is 5.77. The van der Waals surface area contributed by atoms with Crippen molar-refractivity contribution >= 4 is 17.7 Å². The van der Waals surface area contributed by atoms with E-state index in [0.717, 1.165) is 37.0 Å². The van der Waals surface area contributed by atoms with Crippen molar-refractivity contribution in [1.82, 2.24) is 4.90 Å². The Bertz CT molecular complexity index is 1000. The Morgan fingerprint density at radius 1 is 0.949 bits per heavy atom. The molecule has 2 N–H and O–H groups in total. The molecule has 0 spiro atoms. The van der Waals surface area contributed by atoms with Crippen LogP contribution in [0.3, 0.4) is 0 Å². The second-order valence-electron chi connectivity index (χ2n) is 8.79. The second-order valence-corrected chi connectivity index (χ2v) is 8.79. The lowest BCUT2D eigenvalue weighted by Gasteiger charge is -2.23. The van der Waals surface area contributed by atoms with Crippen molar-refractivity contribution in [2.75, 3.05) is 44.8 Å². The molecule has 8 nitrogen and oxygen atoms in total. The Kier molecular flexibility index (Phi) is 13.6. The Balaban J connectivity index is 1.94. The highest BCUT2D eigenvalue weighted by Crippen LogP contribution is 2.29. The van der Waals surface area contributed by atoms with Gasteiger partial charge in [-0.3, -0.25) is 0 Å². The molecule has 2 amide bonds. The number of unbranched alkanes of at least 4 members (excludes halogenated alkanes) is 2. The zero-order chi connectivity index (χ0) is 28.7. The minimum absolute atomic E-state index is 0.159. The Morgan fingerprint density at radius 3 is 2.21 bits per heavy atom. The van der Waals surface area contributed by atoms with Gasteiger partial charge in [-0.05, 0) is 55.3 Å². The number of carbonyl (C=O) groups excluding carboxylic acids is 1. The quantitative estimate of drug-likeness (QED) is 0.238. The van der Waals surface area contributed by atoms with Crippen LogP contribution in [0.1, 0.15) is 44.2 Å². The minimum Gasteiger partial charge on any atom is -0.492 e. The van der Waals surface area contributed by atoms with Crippen molar-refractivity contribution in [2.24, 2.45) is 0 Å². The van der Waals surface area contributed by atoms with Gasteiger partial charge in [0.15, 0.2) is 6.10 Å². The first-order chi connectivity index (χ1) is 18.6. The summed E-state index contributed by atoms with van der Waals surface area (Å²) in [4.78, 5) is 25.6. The molecule has 0 radical (unpaired) electrons. The van der Waals surface area contributed by atoms with Gasteiger partial charge in [0.2, 0.25) is 0 Å². The van der Waals surface area contributed by atoms with Crippen LogP contribution in [0, 0.1) is 0 Å². The van der Waals surface area contributed by atoms with Gasteiger partial charge in [-0.1, -0.05) is 31.9 Å². The van der Waals surface area contributed by atoms with Crippen LogP contribution in [-0.2, 0) is 26.9 Å². The fourth-order valence-electron chi connectivity index (χ4n) is 3.62. The lowest BCUT2D eigenvalue weighted by molar-refractivity contribution is -0.150. The first-order valence-corrected chi connectivity index (χ1v) is 13.0. The van der Waals surface area contributed by atoms with Gasteiger partial charge in [0, 0.05) is 31.9 Å². The number of nitrogens with one attached hydrogen (secondary N) is 1. The topological polar surface area (TPSA) is 97.3 Å². The SMILES string of the molecule is CCCCCOCCN(CCOc1ccc(CC(OCC)C(=O)O)cc1)C(=O)Nc1ccc(C(F)(F)F)cc1. The maximum atomic E-state index is 12.9. The van der Waals surface area contributed by atoms with Gasteiger partial charge in [0.1, 0.15) is 12.4 Å². The summed E-state index contributed by atoms with van der Waals surface area (Å²) in [5.74, 6) is -0.484. The average Bonchev–Trinajstić information content (AvgIpc) is 2.90. The number of amides is 2. The van der Waals surface area contributed by atoms with Crippen LogP contribution in [0.4, 0.5) is 23.7 Å². The van der Waals surface area contributed by atoms with E-state index in [2.05, 4.69) is 12.2 Å². The van der Waals surface area contributed by atoms with E-state index < -0.39 is 29.8 Å². The van der Waals surface area contributed by atoms with Crippen LogP contribution in [0.2, 0.25) is 0 Å². The van der Waals surface area contributed by atoms with E-state index in [1.165, 1.54) is 17.0 Å². The molecule has 0 aliphatic heterocycles. The summed E-state index contributed by atoms with van der Waals surface area (Å²) in [6, 6.07) is 10.7. The number of anilines is 1. The summed E-state index contributed by atoms with van der Waals surface area (Å²) in [5, 5.41) is 11.9. The highest BCUT2D eigenvalue weighted by molar-refractivity contribution is 5.89. The molecule has 1 atom stereocenters. The van der Waals surface area contributed by atoms with Crippen molar-refractivity contribution in [2.45, 2.75) is 51.8 Å². The molecule has 0 saturated heterocycles. The minimum atomic E-state index is -4.46. The Morgan fingerprint density at radius 2 is 1.62 bits per heavy atom. The number of halogens is 3. The van der Waals surface area contributed by atoms with Crippen LogP contribution in [0.15, 0.2) is 48.5 Å². The molecule has 216 valence electrons. The number of alkyl halides is 3. The molecule has 0 saturated carbocycles. The smallest absolute Gasteiger partial charge is 0.416 e. The van der Waals surface area contributed by atoms with Gasteiger partial charge in [-0.25, -0.2) is 9.59 Å².